The zero-order chi connectivity index (χ0) is 13.8. The number of aryl methyl sites for hydroxylation is 1. The van der Waals surface area contributed by atoms with Crippen LogP contribution in [0.2, 0.25) is 5.02 Å². The summed E-state index contributed by atoms with van der Waals surface area (Å²) in [6.45, 7) is 1.96. The molecule has 1 aromatic carbocycles. The second-order valence-electron chi connectivity index (χ2n) is 4.45. The second kappa shape index (κ2) is 6.10. The van der Waals surface area contributed by atoms with Crippen molar-refractivity contribution < 1.29 is 4.39 Å². The molecule has 0 saturated heterocycles. The van der Waals surface area contributed by atoms with Gasteiger partial charge in [-0.15, -0.1) is 0 Å². The Kier molecular flexibility index (Phi) is 4.47. The molecule has 2 aromatic rings. The number of benzene rings is 1. The van der Waals surface area contributed by atoms with Crippen molar-refractivity contribution >= 4 is 11.6 Å². The molecule has 1 unspecified atom stereocenters. The number of nitrogens with zero attached hydrogens (tertiary/aromatic N) is 1. The third-order valence-corrected chi connectivity index (χ3v) is 3.30. The van der Waals surface area contributed by atoms with E-state index in [0.29, 0.717) is 17.0 Å². The van der Waals surface area contributed by atoms with Crippen LogP contribution in [-0.2, 0) is 6.42 Å². The minimum Gasteiger partial charge on any atom is -0.271 e. The molecule has 0 spiro atoms. The molecule has 100 valence electrons. The SMILES string of the molecule is Cc1cncc(C(Cc2cc(F)ccc2Cl)NN)c1. The molecular formula is C14H15ClFN3. The lowest BCUT2D eigenvalue weighted by atomic mass is 10.00. The molecular weight excluding hydrogens is 265 g/mol. The van der Waals surface area contributed by atoms with Gasteiger partial charge in [0.15, 0.2) is 0 Å². The van der Waals surface area contributed by atoms with Crippen LogP contribution < -0.4 is 11.3 Å². The van der Waals surface area contributed by atoms with Crippen molar-refractivity contribution in [3.05, 3.63) is 64.2 Å². The predicted octanol–water partition coefficient (Wildman–Crippen LogP) is 2.93. The van der Waals surface area contributed by atoms with Crippen LogP contribution in [0.15, 0.2) is 36.7 Å². The highest BCUT2D eigenvalue weighted by molar-refractivity contribution is 6.31. The summed E-state index contributed by atoms with van der Waals surface area (Å²) < 4.78 is 13.2. The Balaban J connectivity index is 2.26. The smallest absolute Gasteiger partial charge is 0.123 e. The number of hydrazine groups is 1. The summed E-state index contributed by atoms with van der Waals surface area (Å²) >= 11 is 6.07. The van der Waals surface area contributed by atoms with Crippen LogP contribution in [0.1, 0.15) is 22.7 Å². The summed E-state index contributed by atoms with van der Waals surface area (Å²) in [6.07, 6.45) is 4.01. The number of rotatable bonds is 4. The van der Waals surface area contributed by atoms with E-state index in [1.165, 1.54) is 12.1 Å². The largest absolute Gasteiger partial charge is 0.271 e. The van der Waals surface area contributed by atoms with E-state index < -0.39 is 0 Å². The van der Waals surface area contributed by atoms with E-state index in [1.807, 2.05) is 13.0 Å². The van der Waals surface area contributed by atoms with Crippen molar-refractivity contribution in [1.29, 1.82) is 0 Å². The van der Waals surface area contributed by atoms with Gasteiger partial charge >= 0.3 is 0 Å². The van der Waals surface area contributed by atoms with Crippen LogP contribution in [0.3, 0.4) is 0 Å². The minimum absolute atomic E-state index is 0.160. The average molecular weight is 280 g/mol. The highest BCUT2D eigenvalue weighted by atomic mass is 35.5. The Morgan fingerprint density at radius 1 is 1.37 bits per heavy atom. The maximum absolute atomic E-state index is 13.2. The van der Waals surface area contributed by atoms with Crippen LogP contribution in [0, 0.1) is 12.7 Å². The minimum atomic E-state index is -0.308. The van der Waals surface area contributed by atoms with Gasteiger partial charge in [0.2, 0.25) is 0 Å². The maximum atomic E-state index is 13.2. The lowest BCUT2D eigenvalue weighted by Gasteiger charge is -2.17. The molecule has 1 aromatic heterocycles. The van der Waals surface area contributed by atoms with Crippen LogP contribution in [0.4, 0.5) is 4.39 Å². The predicted molar refractivity (Wildman–Crippen MR) is 74.2 cm³/mol. The fourth-order valence-corrected chi connectivity index (χ4v) is 2.16. The molecule has 1 atom stereocenters. The first-order valence-corrected chi connectivity index (χ1v) is 6.29. The Morgan fingerprint density at radius 3 is 2.84 bits per heavy atom. The molecule has 0 aliphatic rings. The Morgan fingerprint density at radius 2 is 2.16 bits per heavy atom. The van der Waals surface area contributed by atoms with Gasteiger partial charge in [-0.05, 0) is 48.2 Å². The molecule has 0 aliphatic heterocycles. The number of aromatic nitrogens is 1. The van der Waals surface area contributed by atoms with Gasteiger partial charge in [-0.1, -0.05) is 17.7 Å². The number of hydrogen-bond acceptors (Lipinski definition) is 3. The highest BCUT2D eigenvalue weighted by Gasteiger charge is 2.13. The van der Waals surface area contributed by atoms with Gasteiger partial charge in [-0.25, -0.2) is 4.39 Å². The normalized spacial score (nSPS) is 12.4. The third kappa shape index (κ3) is 3.50. The molecule has 0 radical (unpaired) electrons. The van der Waals surface area contributed by atoms with Crippen LogP contribution >= 0.6 is 11.6 Å². The zero-order valence-electron chi connectivity index (χ0n) is 10.5. The summed E-state index contributed by atoms with van der Waals surface area (Å²) in [5.41, 5.74) is 5.43. The molecule has 1 heterocycles. The van der Waals surface area contributed by atoms with Gasteiger partial charge < -0.3 is 0 Å². The van der Waals surface area contributed by atoms with Crippen LogP contribution in [0.5, 0.6) is 0 Å². The van der Waals surface area contributed by atoms with Gasteiger partial charge in [-0.2, -0.15) is 0 Å². The van der Waals surface area contributed by atoms with Crippen molar-refractivity contribution in [2.45, 2.75) is 19.4 Å². The van der Waals surface area contributed by atoms with Crippen molar-refractivity contribution in [2.24, 2.45) is 5.84 Å². The fraction of sp³-hybridized carbons (Fsp3) is 0.214. The first-order valence-electron chi connectivity index (χ1n) is 5.91. The van der Waals surface area contributed by atoms with Crippen molar-refractivity contribution in [1.82, 2.24) is 10.4 Å². The zero-order valence-corrected chi connectivity index (χ0v) is 11.3. The van der Waals surface area contributed by atoms with Crippen molar-refractivity contribution in [2.75, 3.05) is 0 Å². The molecule has 2 rings (SSSR count). The summed E-state index contributed by atoms with van der Waals surface area (Å²) in [5.74, 6) is 5.27. The summed E-state index contributed by atoms with van der Waals surface area (Å²) in [4.78, 5) is 4.13. The van der Waals surface area contributed by atoms with E-state index in [-0.39, 0.29) is 11.9 Å². The maximum Gasteiger partial charge on any atom is 0.123 e. The summed E-state index contributed by atoms with van der Waals surface area (Å²) in [6, 6.07) is 6.14. The summed E-state index contributed by atoms with van der Waals surface area (Å²) in [7, 11) is 0. The molecule has 0 amide bonds. The molecule has 0 aliphatic carbocycles. The topological polar surface area (TPSA) is 50.9 Å². The Bertz CT molecular complexity index is 574. The highest BCUT2D eigenvalue weighted by Crippen LogP contribution is 2.24. The molecule has 3 nitrogen and oxygen atoms in total. The average Bonchev–Trinajstić information content (AvgIpc) is 2.39. The Labute approximate surface area is 116 Å². The second-order valence-corrected chi connectivity index (χ2v) is 4.86. The first-order chi connectivity index (χ1) is 9.10. The van der Waals surface area contributed by atoms with Gasteiger partial charge in [0.25, 0.3) is 0 Å². The molecule has 0 fully saturated rings. The van der Waals surface area contributed by atoms with E-state index in [4.69, 9.17) is 17.4 Å². The molecule has 5 heteroatoms. The van der Waals surface area contributed by atoms with E-state index in [0.717, 1.165) is 11.1 Å². The number of nitrogens with two attached hydrogens (primary N) is 1. The van der Waals surface area contributed by atoms with E-state index >= 15 is 0 Å². The molecule has 0 bridgehead atoms. The summed E-state index contributed by atoms with van der Waals surface area (Å²) in [5, 5.41) is 0.530. The van der Waals surface area contributed by atoms with E-state index in [2.05, 4.69) is 10.4 Å². The quantitative estimate of drug-likeness (QED) is 0.668. The number of nitrogens with one attached hydrogen (secondary N) is 1. The van der Waals surface area contributed by atoms with Crippen molar-refractivity contribution in [3.8, 4) is 0 Å². The molecule has 3 N–H and O–H groups in total. The number of halogens is 2. The van der Waals surface area contributed by atoms with Gasteiger partial charge in [0.1, 0.15) is 5.82 Å². The first kappa shape index (κ1) is 13.9. The number of hydrogen-bond donors (Lipinski definition) is 2. The van der Waals surface area contributed by atoms with E-state index in [1.54, 1.807) is 18.5 Å². The van der Waals surface area contributed by atoms with Gasteiger partial charge in [0.05, 0.1) is 6.04 Å². The lowest BCUT2D eigenvalue weighted by Crippen LogP contribution is -2.29. The van der Waals surface area contributed by atoms with Crippen LogP contribution in [0.25, 0.3) is 0 Å². The monoisotopic (exact) mass is 279 g/mol. The third-order valence-electron chi connectivity index (χ3n) is 2.93. The standard InChI is InChI=1S/C14H15ClFN3/c1-9-4-11(8-18-7-9)14(19-17)6-10-5-12(16)2-3-13(10)15/h2-5,7-8,14,19H,6,17H2,1H3. The number of pyridine rings is 1. The molecule has 0 saturated carbocycles. The molecule has 19 heavy (non-hydrogen) atoms. The van der Waals surface area contributed by atoms with E-state index in [9.17, 15) is 4.39 Å². The fourth-order valence-electron chi connectivity index (χ4n) is 1.96. The Hall–Kier alpha value is -1.49. The van der Waals surface area contributed by atoms with Gasteiger partial charge in [0, 0.05) is 17.4 Å². The lowest BCUT2D eigenvalue weighted by molar-refractivity contribution is 0.546. The van der Waals surface area contributed by atoms with Crippen molar-refractivity contribution in [3.63, 3.8) is 0 Å². The van der Waals surface area contributed by atoms with Gasteiger partial charge in [-0.3, -0.25) is 16.3 Å². The van der Waals surface area contributed by atoms with Crippen LogP contribution in [-0.4, -0.2) is 4.98 Å².